The first-order valence-corrected chi connectivity index (χ1v) is 42.1. The highest BCUT2D eigenvalue weighted by atomic mass is 15.1. The van der Waals surface area contributed by atoms with Gasteiger partial charge in [-0.15, -0.1) is 0 Å². The van der Waals surface area contributed by atoms with Gasteiger partial charge in [0.15, 0.2) is 0 Å². The van der Waals surface area contributed by atoms with Crippen molar-refractivity contribution in [1.29, 1.82) is 0 Å². The van der Waals surface area contributed by atoms with Crippen LogP contribution in [0.25, 0.3) is 242 Å². The number of para-hydroxylation sites is 12. The summed E-state index contributed by atoms with van der Waals surface area (Å²) in [4.78, 5) is 0. The highest BCUT2D eigenvalue weighted by Gasteiger charge is 2.29. The third-order valence-corrected chi connectivity index (χ3v) is 26.3. The topological polar surface area (TPSA) is 39.4 Å². The van der Waals surface area contributed by atoms with Crippen molar-refractivity contribution in [2.45, 2.75) is 0 Å². The molecule has 0 aliphatic rings. The predicted molar refractivity (Wildman–Crippen MR) is 512 cm³/mol. The van der Waals surface area contributed by atoms with Crippen LogP contribution in [0.4, 0.5) is 0 Å². The molecular formula is C114H70N8. The van der Waals surface area contributed by atoms with Crippen LogP contribution < -0.4 is 0 Å². The van der Waals surface area contributed by atoms with Crippen molar-refractivity contribution < 1.29 is 0 Å². The van der Waals surface area contributed by atoms with Crippen molar-refractivity contribution in [2.24, 2.45) is 0 Å². The Morgan fingerprint density at radius 1 is 0.0984 bits per heavy atom. The van der Waals surface area contributed by atoms with Gasteiger partial charge >= 0.3 is 0 Å². The molecule has 0 amide bonds. The van der Waals surface area contributed by atoms with E-state index in [1.165, 1.54) is 86.2 Å². The van der Waals surface area contributed by atoms with Gasteiger partial charge in [0, 0.05) is 132 Å². The maximum Gasteiger partial charge on any atom is 0.0788 e. The molecule has 0 unspecified atom stereocenters. The molecule has 0 N–H and O–H groups in total. The van der Waals surface area contributed by atoms with Gasteiger partial charge in [0.25, 0.3) is 0 Å². The molecule has 0 bridgehead atoms. The van der Waals surface area contributed by atoms with Crippen LogP contribution in [0, 0.1) is 0 Å². The summed E-state index contributed by atoms with van der Waals surface area (Å²) in [5, 5.41) is 19.0. The molecule has 122 heavy (non-hydrogen) atoms. The van der Waals surface area contributed by atoms with Gasteiger partial charge in [-0.05, 0) is 162 Å². The van der Waals surface area contributed by atoms with Gasteiger partial charge in [0.05, 0.1) is 88.3 Å². The number of hydrogen-bond donors (Lipinski definition) is 0. The average molecular weight is 1550 g/mol. The van der Waals surface area contributed by atoms with Crippen LogP contribution in [0.2, 0.25) is 0 Å². The Balaban J connectivity index is 0.778. The smallest absolute Gasteiger partial charge is 0.0788 e. The summed E-state index contributed by atoms with van der Waals surface area (Å²) < 4.78 is 20.3. The minimum Gasteiger partial charge on any atom is -0.307 e. The van der Waals surface area contributed by atoms with Gasteiger partial charge in [-0.25, -0.2) is 0 Å². The molecule has 8 heterocycles. The second-order valence-corrected chi connectivity index (χ2v) is 32.7. The van der Waals surface area contributed by atoms with Crippen molar-refractivity contribution in [3.05, 3.63) is 425 Å². The minimum absolute atomic E-state index is 1.04. The summed E-state index contributed by atoms with van der Waals surface area (Å²) in [6.45, 7) is 0. The van der Waals surface area contributed by atoms with E-state index in [1.54, 1.807) is 0 Å². The molecule has 0 radical (unpaired) electrons. The van der Waals surface area contributed by atoms with Crippen LogP contribution in [0.15, 0.2) is 425 Å². The molecule has 0 saturated carbocycles. The normalized spacial score (nSPS) is 12.3. The van der Waals surface area contributed by atoms with Crippen LogP contribution in [0.3, 0.4) is 0 Å². The van der Waals surface area contributed by atoms with Crippen molar-refractivity contribution in [1.82, 2.24) is 36.5 Å². The number of hydrogen-bond acceptors (Lipinski definition) is 0. The fourth-order valence-electron chi connectivity index (χ4n) is 21.4. The zero-order chi connectivity index (χ0) is 79.5. The predicted octanol–water partition coefficient (Wildman–Crippen LogP) is 29.8. The van der Waals surface area contributed by atoms with E-state index in [4.69, 9.17) is 0 Å². The quantitative estimate of drug-likeness (QED) is 0.131. The molecule has 8 nitrogen and oxygen atoms in total. The Kier molecular flexibility index (Phi) is 14.0. The average Bonchev–Trinajstić information content (AvgIpc) is 1.81. The Bertz CT molecular complexity index is 8110. The maximum absolute atomic E-state index is 2.59. The molecule has 566 valence electrons. The largest absolute Gasteiger partial charge is 0.307 e. The SMILES string of the molecule is c1ccc(-n2c3ccccc3c3ccc4c5ccccc5n(-c5cc(-c6cccc(-c7cc(-n8c9ccccc9c9ccc%10c%11ccccc%11n(-c%11ccccc%11)c%10c98)cc(-n8c9ccccc9c9ccc%10c%11ccccc%11n(-c%11ccccc%11)c%10c98)c7)c6)cc(-n6c7ccccc7c7ccc8c9ccccc9n(-c9ccccc9)c8c76)c5)c4c32)cc1. The van der Waals surface area contributed by atoms with E-state index >= 15 is 0 Å². The first kappa shape index (κ1) is 66.7. The van der Waals surface area contributed by atoms with Gasteiger partial charge in [-0.2, -0.15) is 0 Å². The second kappa shape index (κ2) is 25.5. The zero-order valence-corrected chi connectivity index (χ0v) is 66.0. The molecule has 19 aromatic carbocycles. The monoisotopic (exact) mass is 1550 g/mol. The van der Waals surface area contributed by atoms with E-state index in [-0.39, 0.29) is 0 Å². The molecule has 0 saturated heterocycles. The van der Waals surface area contributed by atoms with E-state index in [0.29, 0.717) is 0 Å². The van der Waals surface area contributed by atoms with E-state index in [9.17, 15) is 0 Å². The van der Waals surface area contributed by atoms with Crippen molar-refractivity contribution in [3.63, 3.8) is 0 Å². The van der Waals surface area contributed by atoms with Gasteiger partial charge < -0.3 is 36.5 Å². The maximum atomic E-state index is 2.59. The Labute approximate surface area is 698 Å². The van der Waals surface area contributed by atoms with E-state index < -0.39 is 0 Å². The third-order valence-electron chi connectivity index (χ3n) is 26.3. The molecule has 27 aromatic rings. The molecule has 0 aliphatic heterocycles. The lowest BCUT2D eigenvalue weighted by molar-refractivity contribution is 1.12. The standard InChI is InChI=1S/C114H70N8/c1-5-32-75(33-6-1)115-99-48-21-13-40-83(99)91-56-60-95-87-44-17-25-52-103(87)119(111(95)107(91)115)79-65-73(66-80(69-79)120-104-53-26-18-45-88(104)96-61-57-92-84-41-14-22-49-100(84)116(108(92)112(96)120)76-34-7-2-8-35-76)71-30-29-31-72(64-71)74-67-81(121-105-54-27-19-46-89(105)97-62-58-93-85-42-15-23-50-101(85)117(109(93)113(97)121)77-36-9-3-10-37-77)70-82(68-74)122-106-55-28-20-47-90(106)98-63-59-94-86-43-16-24-51-102(86)118(110(94)114(98)122)78-38-11-4-12-39-78/h1-70H. The van der Waals surface area contributed by atoms with Gasteiger partial charge in [-0.3, -0.25) is 0 Å². The van der Waals surface area contributed by atoms with Crippen molar-refractivity contribution in [2.75, 3.05) is 0 Å². The van der Waals surface area contributed by atoms with Crippen LogP contribution >= 0.6 is 0 Å². The van der Waals surface area contributed by atoms with Gasteiger partial charge in [0.1, 0.15) is 0 Å². The minimum atomic E-state index is 1.04. The third kappa shape index (κ3) is 9.34. The lowest BCUT2D eigenvalue weighted by Crippen LogP contribution is -2.03. The molecule has 0 atom stereocenters. The molecular weight excluding hydrogens is 1480 g/mol. The molecule has 27 rings (SSSR count). The van der Waals surface area contributed by atoms with Crippen molar-refractivity contribution in [3.8, 4) is 67.8 Å². The van der Waals surface area contributed by atoms with Gasteiger partial charge in [0.2, 0.25) is 0 Å². The number of aromatic nitrogens is 8. The van der Waals surface area contributed by atoms with E-state index in [2.05, 4.69) is 461 Å². The van der Waals surface area contributed by atoms with Crippen LogP contribution in [0.5, 0.6) is 0 Å². The first-order chi connectivity index (χ1) is 60.6. The van der Waals surface area contributed by atoms with Crippen LogP contribution in [-0.2, 0) is 0 Å². The Morgan fingerprint density at radius 3 is 0.451 bits per heavy atom. The summed E-state index contributed by atoms with van der Waals surface area (Å²) in [6, 6.07) is 159. The molecule has 8 aromatic heterocycles. The van der Waals surface area contributed by atoms with Crippen molar-refractivity contribution >= 4 is 174 Å². The summed E-state index contributed by atoms with van der Waals surface area (Å²) >= 11 is 0. The fraction of sp³-hybridized carbons (Fsp3) is 0. The number of benzene rings is 19. The Morgan fingerprint density at radius 2 is 0.262 bits per heavy atom. The second-order valence-electron chi connectivity index (χ2n) is 32.7. The number of rotatable bonds is 10. The van der Waals surface area contributed by atoms with Gasteiger partial charge in [-0.1, -0.05) is 285 Å². The van der Waals surface area contributed by atoms with E-state index in [0.717, 1.165) is 156 Å². The van der Waals surface area contributed by atoms with E-state index in [1.807, 2.05) is 0 Å². The number of fused-ring (bicyclic) bond motifs is 28. The Hall–Kier alpha value is -16.4. The summed E-state index contributed by atoms with van der Waals surface area (Å²) in [5.74, 6) is 0. The summed E-state index contributed by atoms with van der Waals surface area (Å²) in [5.41, 5.74) is 31.1. The molecule has 8 heteroatoms. The lowest BCUT2D eigenvalue weighted by Gasteiger charge is -2.19. The number of nitrogens with zero attached hydrogens (tertiary/aromatic N) is 8. The van der Waals surface area contributed by atoms with Crippen LogP contribution in [0.1, 0.15) is 0 Å². The highest BCUT2D eigenvalue weighted by molar-refractivity contribution is 6.29. The molecule has 0 spiro atoms. The molecule has 0 aliphatic carbocycles. The lowest BCUT2D eigenvalue weighted by atomic mass is 9.97. The summed E-state index contributed by atoms with van der Waals surface area (Å²) in [6.07, 6.45) is 0. The zero-order valence-electron chi connectivity index (χ0n) is 66.0. The molecule has 0 fully saturated rings. The fourth-order valence-corrected chi connectivity index (χ4v) is 21.4. The first-order valence-electron chi connectivity index (χ1n) is 42.1. The highest BCUT2D eigenvalue weighted by Crippen LogP contribution is 2.50. The summed E-state index contributed by atoms with van der Waals surface area (Å²) in [7, 11) is 0. The van der Waals surface area contributed by atoms with Crippen LogP contribution in [-0.4, -0.2) is 36.5 Å².